The smallest absolute Gasteiger partial charge is 0.255 e. The average molecular weight is 525 g/mol. The normalized spacial score (nSPS) is 19.4. The molecule has 9 nitrogen and oxygen atoms in total. The fraction of sp³-hybridized carbons (Fsp3) is 0.464. The number of amides is 2. The molecule has 3 N–H and O–H groups in total. The van der Waals surface area contributed by atoms with Gasteiger partial charge in [0.15, 0.2) is 11.6 Å². The number of H-pyrrole nitrogens is 1. The highest BCUT2D eigenvalue weighted by Crippen LogP contribution is 2.40. The zero-order valence-corrected chi connectivity index (χ0v) is 21.8. The van der Waals surface area contributed by atoms with Gasteiger partial charge in [-0.2, -0.15) is 0 Å². The first kappa shape index (κ1) is 26.0. The maximum absolute atomic E-state index is 14.6. The zero-order chi connectivity index (χ0) is 27.0. The SMILES string of the molecule is CCC(=O)N1CC[C@@H](NC(=O)c2c(C)[nH]c3c(-c4cc(OC)c(F)cc4OCC4CC4)ccnc23)[C@@H](O)C1. The summed E-state index contributed by atoms with van der Waals surface area (Å²) in [5.41, 5.74) is 3.39. The number of fused-ring (bicyclic) bond motifs is 1. The number of likely N-dealkylation sites (tertiary alicyclic amines) is 1. The van der Waals surface area contributed by atoms with E-state index < -0.39 is 18.0 Å². The Hall–Kier alpha value is -3.66. The van der Waals surface area contributed by atoms with Crippen molar-refractivity contribution in [1.29, 1.82) is 0 Å². The molecule has 202 valence electrons. The highest BCUT2D eigenvalue weighted by Gasteiger charge is 2.32. The fourth-order valence-corrected chi connectivity index (χ4v) is 5.01. The molecular formula is C28H33FN4O5. The molecule has 2 amide bonds. The van der Waals surface area contributed by atoms with Crippen LogP contribution in [0, 0.1) is 18.7 Å². The van der Waals surface area contributed by atoms with Gasteiger partial charge in [0.1, 0.15) is 11.3 Å². The number of piperidine rings is 1. The molecule has 3 heterocycles. The van der Waals surface area contributed by atoms with Gasteiger partial charge in [-0.1, -0.05) is 6.92 Å². The first-order valence-electron chi connectivity index (χ1n) is 13.0. The number of rotatable bonds is 8. The number of nitrogens with one attached hydrogen (secondary N) is 2. The van der Waals surface area contributed by atoms with E-state index >= 15 is 0 Å². The molecule has 1 saturated carbocycles. The summed E-state index contributed by atoms with van der Waals surface area (Å²) in [5, 5.41) is 13.5. The van der Waals surface area contributed by atoms with Crippen molar-refractivity contribution in [2.24, 2.45) is 5.92 Å². The number of aromatic nitrogens is 2. The summed E-state index contributed by atoms with van der Waals surface area (Å²) in [5.74, 6) is 0.0796. The Morgan fingerprint density at radius 1 is 1.24 bits per heavy atom. The Labute approximate surface area is 220 Å². The van der Waals surface area contributed by atoms with Crippen molar-refractivity contribution in [2.45, 2.75) is 51.7 Å². The van der Waals surface area contributed by atoms with E-state index in [1.54, 1.807) is 37.1 Å². The Morgan fingerprint density at radius 2 is 2.03 bits per heavy atom. The summed E-state index contributed by atoms with van der Waals surface area (Å²) >= 11 is 0. The van der Waals surface area contributed by atoms with Gasteiger partial charge >= 0.3 is 0 Å². The average Bonchev–Trinajstić information content (AvgIpc) is 3.67. The number of aryl methyl sites for hydroxylation is 1. The molecule has 0 bridgehead atoms. The Balaban J connectivity index is 1.46. The number of carbonyl (C=O) groups excluding carboxylic acids is 2. The van der Waals surface area contributed by atoms with E-state index in [1.165, 1.54) is 13.2 Å². The summed E-state index contributed by atoms with van der Waals surface area (Å²) in [6.45, 7) is 4.74. The lowest BCUT2D eigenvalue weighted by atomic mass is 10.0. The van der Waals surface area contributed by atoms with Crippen LogP contribution in [0.15, 0.2) is 24.4 Å². The minimum atomic E-state index is -0.866. The second kappa shape index (κ2) is 10.6. The second-order valence-electron chi connectivity index (χ2n) is 10.1. The largest absolute Gasteiger partial charge is 0.494 e. The van der Waals surface area contributed by atoms with Crippen molar-refractivity contribution in [3.63, 3.8) is 0 Å². The van der Waals surface area contributed by atoms with Crippen LogP contribution in [0.3, 0.4) is 0 Å². The number of aromatic amines is 1. The third kappa shape index (κ3) is 5.05. The number of carbonyl (C=O) groups is 2. The molecule has 1 aliphatic carbocycles. The molecule has 2 aliphatic rings. The van der Waals surface area contributed by atoms with Crippen LogP contribution in [0.5, 0.6) is 11.5 Å². The predicted octanol–water partition coefficient (Wildman–Crippen LogP) is 3.58. The summed E-state index contributed by atoms with van der Waals surface area (Å²) in [6.07, 6.45) is 3.77. The van der Waals surface area contributed by atoms with Gasteiger partial charge in [-0.15, -0.1) is 0 Å². The number of aliphatic hydroxyl groups is 1. The molecule has 1 aliphatic heterocycles. The van der Waals surface area contributed by atoms with Gasteiger partial charge in [-0.25, -0.2) is 4.39 Å². The number of nitrogens with zero attached hydrogens (tertiary/aromatic N) is 2. The van der Waals surface area contributed by atoms with E-state index in [0.29, 0.717) is 71.1 Å². The highest BCUT2D eigenvalue weighted by molar-refractivity contribution is 6.10. The van der Waals surface area contributed by atoms with Crippen molar-refractivity contribution in [1.82, 2.24) is 20.2 Å². The number of ether oxygens (including phenoxy) is 2. The first-order chi connectivity index (χ1) is 18.3. The highest BCUT2D eigenvalue weighted by atomic mass is 19.1. The van der Waals surface area contributed by atoms with E-state index in [9.17, 15) is 19.1 Å². The quantitative estimate of drug-likeness (QED) is 0.415. The monoisotopic (exact) mass is 524 g/mol. The number of aliphatic hydroxyl groups excluding tert-OH is 1. The summed E-state index contributed by atoms with van der Waals surface area (Å²) < 4.78 is 25.8. The maximum Gasteiger partial charge on any atom is 0.255 e. The molecule has 38 heavy (non-hydrogen) atoms. The molecule has 5 rings (SSSR count). The number of hydrogen-bond acceptors (Lipinski definition) is 6. The van der Waals surface area contributed by atoms with E-state index in [4.69, 9.17) is 9.47 Å². The molecule has 1 saturated heterocycles. The topological polar surface area (TPSA) is 117 Å². The zero-order valence-electron chi connectivity index (χ0n) is 21.8. The molecule has 1 aromatic carbocycles. The predicted molar refractivity (Wildman–Crippen MR) is 140 cm³/mol. The van der Waals surface area contributed by atoms with Gasteiger partial charge in [-0.3, -0.25) is 14.6 Å². The number of halogens is 1. The summed E-state index contributed by atoms with van der Waals surface area (Å²) in [7, 11) is 1.41. The lowest BCUT2D eigenvalue weighted by Crippen LogP contribution is -2.55. The van der Waals surface area contributed by atoms with Crippen LogP contribution in [0.4, 0.5) is 4.39 Å². The van der Waals surface area contributed by atoms with Crippen molar-refractivity contribution in [3.05, 3.63) is 41.5 Å². The molecule has 2 fully saturated rings. The van der Waals surface area contributed by atoms with Gasteiger partial charge in [0.2, 0.25) is 5.91 Å². The van der Waals surface area contributed by atoms with Crippen molar-refractivity contribution in [2.75, 3.05) is 26.8 Å². The van der Waals surface area contributed by atoms with E-state index in [-0.39, 0.29) is 24.1 Å². The fourth-order valence-electron chi connectivity index (χ4n) is 5.01. The molecule has 0 unspecified atom stereocenters. The minimum absolute atomic E-state index is 0.0177. The van der Waals surface area contributed by atoms with E-state index in [1.807, 2.05) is 0 Å². The van der Waals surface area contributed by atoms with Crippen molar-refractivity contribution in [3.8, 4) is 22.6 Å². The molecule has 2 aromatic heterocycles. The summed E-state index contributed by atoms with van der Waals surface area (Å²) in [4.78, 5) is 34.8. The van der Waals surface area contributed by atoms with Crippen molar-refractivity contribution < 1.29 is 28.6 Å². The van der Waals surface area contributed by atoms with Crippen molar-refractivity contribution >= 4 is 22.8 Å². The summed E-state index contributed by atoms with van der Waals surface area (Å²) in [6, 6.07) is 4.24. The standard InChI is InChI=1S/C28H33FN4O5/c1-4-24(35)33-10-8-20(21(34)13-33)32-28(36)25-15(2)31-26-17(7-9-30-27(25)26)18-11-23(37-3)19(29)12-22(18)38-14-16-5-6-16/h7,9,11-12,16,20-21,31,34H,4-6,8,10,13-14H2,1-3H3,(H,32,36)/t20-,21+/m1/s1. The third-order valence-electron chi connectivity index (χ3n) is 7.37. The lowest BCUT2D eigenvalue weighted by molar-refractivity contribution is -0.134. The molecule has 10 heteroatoms. The Bertz CT molecular complexity index is 1370. The number of β-amino-alcohol motifs (C(OH)–C–C–N with tert-alkyl or cyclic N) is 1. The number of benzene rings is 1. The van der Waals surface area contributed by atoms with E-state index in [2.05, 4.69) is 15.3 Å². The minimum Gasteiger partial charge on any atom is -0.494 e. The van der Waals surface area contributed by atoms with Gasteiger partial charge in [0.25, 0.3) is 5.91 Å². The van der Waals surface area contributed by atoms with Gasteiger partial charge < -0.3 is 29.8 Å². The second-order valence-corrected chi connectivity index (χ2v) is 10.1. The molecule has 0 spiro atoms. The van der Waals surface area contributed by atoms with Crippen LogP contribution < -0.4 is 14.8 Å². The lowest BCUT2D eigenvalue weighted by Gasteiger charge is -2.36. The van der Waals surface area contributed by atoms with Crippen LogP contribution in [0.25, 0.3) is 22.2 Å². The molecule has 3 aromatic rings. The van der Waals surface area contributed by atoms with Gasteiger partial charge in [-0.05, 0) is 44.2 Å². The van der Waals surface area contributed by atoms with Crippen LogP contribution in [0.2, 0.25) is 0 Å². The first-order valence-corrected chi connectivity index (χ1v) is 13.0. The Kier molecular flexibility index (Phi) is 7.25. The molecular weight excluding hydrogens is 491 g/mol. The van der Waals surface area contributed by atoms with E-state index in [0.717, 1.165) is 12.8 Å². The van der Waals surface area contributed by atoms with Crippen LogP contribution >= 0.6 is 0 Å². The maximum atomic E-state index is 14.6. The van der Waals surface area contributed by atoms with Crippen LogP contribution in [-0.4, -0.2) is 70.7 Å². The van der Waals surface area contributed by atoms with Gasteiger partial charge in [0, 0.05) is 48.6 Å². The molecule has 2 atom stereocenters. The van der Waals surface area contributed by atoms with Gasteiger partial charge in [0.05, 0.1) is 36.9 Å². The Morgan fingerprint density at radius 3 is 2.71 bits per heavy atom. The molecule has 0 radical (unpaired) electrons. The number of methoxy groups -OCH3 is 1. The number of pyridine rings is 1. The number of hydrogen-bond donors (Lipinski definition) is 3. The van der Waals surface area contributed by atoms with Crippen LogP contribution in [-0.2, 0) is 4.79 Å². The van der Waals surface area contributed by atoms with Crippen LogP contribution in [0.1, 0.15) is 48.7 Å². The third-order valence-corrected chi connectivity index (χ3v) is 7.37.